The largest absolute Gasteiger partial charge is 0.383 e. The Kier molecular flexibility index (Phi) is 5.55. The van der Waals surface area contributed by atoms with Crippen LogP contribution < -0.4 is 5.73 Å². The van der Waals surface area contributed by atoms with E-state index in [4.69, 9.17) is 5.73 Å². The molecule has 0 atom stereocenters. The van der Waals surface area contributed by atoms with E-state index in [-0.39, 0.29) is 0 Å². The number of halogens is 1. The van der Waals surface area contributed by atoms with E-state index < -0.39 is 0 Å². The van der Waals surface area contributed by atoms with Crippen molar-refractivity contribution in [1.82, 2.24) is 9.97 Å². The Labute approximate surface area is 110 Å². The Hall–Kier alpha value is -0.290. The zero-order chi connectivity index (χ0) is 12.1. The smallest absolute Gasteiger partial charge is 0.141 e. The van der Waals surface area contributed by atoms with Gasteiger partial charge in [-0.05, 0) is 34.0 Å². The van der Waals surface area contributed by atoms with Gasteiger partial charge in [-0.3, -0.25) is 0 Å². The average molecular weight is 304 g/mol. The van der Waals surface area contributed by atoms with Gasteiger partial charge in [0.25, 0.3) is 0 Å². The predicted octanol–water partition coefficient (Wildman–Crippen LogP) is 3.59. The third kappa shape index (κ3) is 3.63. The van der Waals surface area contributed by atoms with Crippen LogP contribution in [0.5, 0.6) is 0 Å². The third-order valence-corrected chi connectivity index (χ3v) is 4.05. The summed E-state index contributed by atoms with van der Waals surface area (Å²) in [5, 5.41) is 0. The fourth-order valence-corrected chi connectivity index (χ4v) is 2.67. The molecule has 0 fully saturated rings. The summed E-state index contributed by atoms with van der Waals surface area (Å²) in [7, 11) is 0. The van der Waals surface area contributed by atoms with Gasteiger partial charge in [0, 0.05) is 0 Å². The van der Waals surface area contributed by atoms with Crippen molar-refractivity contribution in [2.75, 3.05) is 11.5 Å². The van der Waals surface area contributed by atoms with E-state index in [0.717, 1.165) is 27.5 Å². The number of thioether (sulfide) groups is 1. The Morgan fingerprint density at radius 2 is 2.06 bits per heavy atom. The number of hydrogen-bond acceptors (Lipinski definition) is 4. The van der Waals surface area contributed by atoms with Gasteiger partial charge in [0.15, 0.2) is 0 Å². The molecule has 0 amide bonds. The van der Waals surface area contributed by atoms with Crippen LogP contribution in [-0.2, 0) is 5.75 Å². The van der Waals surface area contributed by atoms with E-state index in [1.807, 2.05) is 11.8 Å². The Balaban J connectivity index is 2.86. The molecule has 0 aliphatic carbocycles. The lowest BCUT2D eigenvalue weighted by molar-refractivity contribution is 0.794. The molecule has 0 aliphatic rings. The molecular formula is C11H18BrN3S. The average Bonchev–Trinajstić information content (AvgIpc) is 2.23. The SMILES string of the molecule is CCCSCc1nc(N)c(Br)c(C(C)C)n1. The van der Waals surface area contributed by atoms with Gasteiger partial charge in [-0.25, -0.2) is 9.97 Å². The minimum absolute atomic E-state index is 0.356. The van der Waals surface area contributed by atoms with Gasteiger partial charge < -0.3 is 5.73 Å². The maximum Gasteiger partial charge on any atom is 0.141 e. The number of aromatic nitrogens is 2. The van der Waals surface area contributed by atoms with E-state index in [1.165, 1.54) is 6.42 Å². The van der Waals surface area contributed by atoms with E-state index >= 15 is 0 Å². The fraction of sp³-hybridized carbons (Fsp3) is 0.636. The van der Waals surface area contributed by atoms with Gasteiger partial charge in [-0.15, -0.1) is 0 Å². The van der Waals surface area contributed by atoms with Crippen molar-refractivity contribution in [3.63, 3.8) is 0 Å². The first-order valence-corrected chi connectivity index (χ1v) is 7.40. The summed E-state index contributed by atoms with van der Waals surface area (Å²) < 4.78 is 0.840. The van der Waals surface area contributed by atoms with Gasteiger partial charge in [-0.1, -0.05) is 20.8 Å². The lowest BCUT2D eigenvalue weighted by Crippen LogP contribution is -2.06. The molecule has 0 spiro atoms. The van der Waals surface area contributed by atoms with Crippen molar-refractivity contribution in [2.24, 2.45) is 0 Å². The number of nitrogens with zero attached hydrogens (tertiary/aromatic N) is 2. The Morgan fingerprint density at radius 3 is 2.62 bits per heavy atom. The minimum atomic E-state index is 0.356. The van der Waals surface area contributed by atoms with E-state index in [9.17, 15) is 0 Å². The molecule has 0 saturated carbocycles. The van der Waals surface area contributed by atoms with Crippen LogP contribution in [0.15, 0.2) is 4.47 Å². The van der Waals surface area contributed by atoms with E-state index in [1.54, 1.807) is 0 Å². The summed E-state index contributed by atoms with van der Waals surface area (Å²) in [5.74, 6) is 3.71. The topological polar surface area (TPSA) is 51.8 Å². The monoisotopic (exact) mass is 303 g/mol. The third-order valence-electron chi connectivity index (χ3n) is 2.08. The van der Waals surface area contributed by atoms with Crippen molar-refractivity contribution >= 4 is 33.5 Å². The molecule has 1 aromatic rings. The lowest BCUT2D eigenvalue weighted by atomic mass is 10.1. The molecule has 90 valence electrons. The summed E-state index contributed by atoms with van der Waals surface area (Å²) in [4.78, 5) is 8.83. The molecule has 0 radical (unpaired) electrons. The Bertz CT molecular complexity index is 355. The minimum Gasteiger partial charge on any atom is -0.383 e. The molecular weight excluding hydrogens is 286 g/mol. The number of anilines is 1. The van der Waals surface area contributed by atoms with Crippen LogP contribution in [0.1, 0.15) is 44.6 Å². The summed E-state index contributed by atoms with van der Waals surface area (Å²) >= 11 is 5.29. The molecule has 16 heavy (non-hydrogen) atoms. The van der Waals surface area contributed by atoms with Crippen molar-refractivity contribution < 1.29 is 0 Å². The highest BCUT2D eigenvalue weighted by Gasteiger charge is 2.12. The number of nitrogens with two attached hydrogens (primary N) is 1. The van der Waals surface area contributed by atoms with Crippen molar-refractivity contribution in [3.05, 3.63) is 16.0 Å². The highest BCUT2D eigenvalue weighted by Crippen LogP contribution is 2.27. The van der Waals surface area contributed by atoms with Gasteiger partial charge in [0.05, 0.1) is 15.9 Å². The second-order valence-electron chi connectivity index (χ2n) is 3.93. The number of hydrogen-bond donors (Lipinski definition) is 1. The van der Waals surface area contributed by atoms with Gasteiger partial charge in [-0.2, -0.15) is 11.8 Å². The zero-order valence-electron chi connectivity index (χ0n) is 9.96. The van der Waals surface area contributed by atoms with Crippen LogP contribution in [0.3, 0.4) is 0 Å². The molecule has 2 N–H and O–H groups in total. The van der Waals surface area contributed by atoms with Crippen LogP contribution >= 0.6 is 27.7 Å². The van der Waals surface area contributed by atoms with Crippen LogP contribution in [-0.4, -0.2) is 15.7 Å². The van der Waals surface area contributed by atoms with Crippen molar-refractivity contribution in [2.45, 2.75) is 38.9 Å². The molecule has 5 heteroatoms. The van der Waals surface area contributed by atoms with Crippen LogP contribution in [0.4, 0.5) is 5.82 Å². The van der Waals surface area contributed by atoms with Crippen molar-refractivity contribution in [1.29, 1.82) is 0 Å². The first-order chi connectivity index (χ1) is 7.56. The summed E-state index contributed by atoms with van der Waals surface area (Å²) in [5.41, 5.74) is 6.86. The van der Waals surface area contributed by atoms with E-state index in [0.29, 0.717) is 11.7 Å². The maximum atomic E-state index is 5.86. The molecule has 0 aliphatic heterocycles. The van der Waals surface area contributed by atoms with Gasteiger partial charge in [0.1, 0.15) is 11.6 Å². The highest BCUT2D eigenvalue weighted by molar-refractivity contribution is 9.10. The fourth-order valence-electron chi connectivity index (χ4n) is 1.29. The highest BCUT2D eigenvalue weighted by atomic mass is 79.9. The molecule has 1 rings (SSSR count). The van der Waals surface area contributed by atoms with Crippen LogP contribution in [0, 0.1) is 0 Å². The quantitative estimate of drug-likeness (QED) is 0.845. The molecule has 1 aromatic heterocycles. The second-order valence-corrected chi connectivity index (χ2v) is 5.83. The van der Waals surface area contributed by atoms with Crippen LogP contribution in [0.2, 0.25) is 0 Å². The standard InChI is InChI=1S/C11H18BrN3S/c1-4-5-16-6-8-14-10(7(2)3)9(12)11(13)15-8/h7H,4-6H2,1-3H3,(H2,13,14,15). The summed E-state index contributed by atoms with van der Waals surface area (Å²) in [6, 6.07) is 0. The predicted molar refractivity (Wildman–Crippen MR) is 74.7 cm³/mol. The first kappa shape index (κ1) is 13.8. The first-order valence-electron chi connectivity index (χ1n) is 5.45. The molecule has 0 aromatic carbocycles. The molecule has 0 unspecified atom stereocenters. The maximum absolute atomic E-state index is 5.86. The van der Waals surface area contributed by atoms with Gasteiger partial charge >= 0.3 is 0 Å². The molecule has 0 saturated heterocycles. The second kappa shape index (κ2) is 6.45. The number of rotatable bonds is 5. The zero-order valence-corrected chi connectivity index (χ0v) is 12.4. The van der Waals surface area contributed by atoms with E-state index in [2.05, 4.69) is 46.7 Å². The molecule has 3 nitrogen and oxygen atoms in total. The summed E-state index contributed by atoms with van der Waals surface area (Å²) in [6.07, 6.45) is 1.17. The summed E-state index contributed by atoms with van der Waals surface area (Å²) in [6.45, 7) is 6.38. The lowest BCUT2D eigenvalue weighted by Gasteiger charge is -2.11. The molecule has 1 heterocycles. The van der Waals surface area contributed by atoms with Gasteiger partial charge in [0.2, 0.25) is 0 Å². The normalized spacial score (nSPS) is 11.1. The number of nitrogen functional groups attached to an aromatic ring is 1. The van der Waals surface area contributed by atoms with Crippen molar-refractivity contribution in [3.8, 4) is 0 Å². The molecule has 0 bridgehead atoms. The van der Waals surface area contributed by atoms with Crippen LogP contribution in [0.25, 0.3) is 0 Å². The Morgan fingerprint density at radius 1 is 1.38 bits per heavy atom.